The molecular formula is C45H26N4O. The van der Waals surface area contributed by atoms with Crippen molar-refractivity contribution in [3.63, 3.8) is 0 Å². The summed E-state index contributed by atoms with van der Waals surface area (Å²) in [5.41, 5.74) is 9.08. The second kappa shape index (κ2) is 10.8. The van der Waals surface area contributed by atoms with Crippen molar-refractivity contribution >= 4 is 10.8 Å². The summed E-state index contributed by atoms with van der Waals surface area (Å²) in [6.07, 6.45) is 0. The Morgan fingerprint density at radius 3 is 1.76 bits per heavy atom. The number of benzene rings is 7. The van der Waals surface area contributed by atoms with Crippen LogP contribution in [-0.4, -0.2) is 15.0 Å². The fourth-order valence-corrected chi connectivity index (χ4v) is 7.94. The van der Waals surface area contributed by atoms with Gasteiger partial charge in [0, 0.05) is 27.8 Å². The van der Waals surface area contributed by atoms with E-state index in [4.69, 9.17) is 19.7 Å². The van der Waals surface area contributed by atoms with Crippen molar-refractivity contribution < 1.29 is 4.74 Å². The molecule has 0 N–H and O–H groups in total. The zero-order chi connectivity index (χ0) is 33.2. The first-order valence-electron chi connectivity index (χ1n) is 16.6. The summed E-state index contributed by atoms with van der Waals surface area (Å²) in [7, 11) is 0. The first kappa shape index (κ1) is 28.1. The molecule has 0 bridgehead atoms. The Balaban J connectivity index is 1.35. The Labute approximate surface area is 288 Å². The minimum Gasteiger partial charge on any atom is -0.457 e. The number of para-hydroxylation sites is 1. The van der Waals surface area contributed by atoms with E-state index in [-0.39, 0.29) is 0 Å². The van der Waals surface area contributed by atoms with Crippen molar-refractivity contribution in [1.82, 2.24) is 15.0 Å². The Kier molecular flexibility index (Phi) is 6.09. The zero-order valence-electron chi connectivity index (χ0n) is 26.7. The van der Waals surface area contributed by atoms with Gasteiger partial charge in [-0.15, -0.1) is 0 Å². The average molecular weight is 639 g/mol. The third kappa shape index (κ3) is 3.97. The van der Waals surface area contributed by atoms with Crippen LogP contribution in [-0.2, 0) is 5.41 Å². The molecule has 232 valence electrons. The maximum Gasteiger partial charge on any atom is 0.164 e. The van der Waals surface area contributed by atoms with E-state index in [0.717, 1.165) is 72.3 Å². The Morgan fingerprint density at radius 1 is 0.460 bits per heavy atom. The van der Waals surface area contributed by atoms with Crippen LogP contribution < -0.4 is 4.74 Å². The molecule has 1 aliphatic heterocycles. The molecule has 1 atom stereocenters. The molecule has 1 aromatic heterocycles. The van der Waals surface area contributed by atoms with Gasteiger partial charge in [-0.05, 0) is 63.4 Å². The first-order valence-corrected chi connectivity index (χ1v) is 16.6. The Hall–Kier alpha value is -6.90. The minimum absolute atomic E-state index is 0.579. The number of rotatable bonds is 3. The van der Waals surface area contributed by atoms with Crippen LogP contribution in [0.2, 0.25) is 0 Å². The van der Waals surface area contributed by atoms with Gasteiger partial charge in [0.2, 0.25) is 0 Å². The monoisotopic (exact) mass is 638 g/mol. The van der Waals surface area contributed by atoms with Gasteiger partial charge < -0.3 is 4.74 Å². The molecule has 50 heavy (non-hydrogen) atoms. The molecule has 7 aromatic carbocycles. The standard InChI is InChI=1S/C45H26N4O/c46-27-28-23-24-40-37(25-28)45(36-21-11-12-22-39(36)50-40)35-20-10-9-19-33(35)41-32-18-8-7-17-31(32)34(26-38(41)45)44-48-42(29-13-3-1-4-14-29)47-43(49-44)30-15-5-2-6-16-30/h1-26H. The molecule has 0 fully saturated rings. The van der Waals surface area contributed by atoms with Gasteiger partial charge in [-0.25, -0.2) is 15.0 Å². The second-order valence-electron chi connectivity index (χ2n) is 12.6. The predicted molar refractivity (Wildman–Crippen MR) is 196 cm³/mol. The molecule has 10 rings (SSSR count). The van der Waals surface area contributed by atoms with Crippen molar-refractivity contribution in [2.24, 2.45) is 0 Å². The number of aromatic nitrogens is 3. The van der Waals surface area contributed by atoms with E-state index < -0.39 is 5.41 Å². The van der Waals surface area contributed by atoms with Crippen molar-refractivity contribution in [3.8, 4) is 62.9 Å². The second-order valence-corrected chi connectivity index (χ2v) is 12.6. The van der Waals surface area contributed by atoms with Crippen LogP contribution in [0.3, 0.4) is 0 Å². The fourth-order valence-electron chi connectivity index (χ4n) is 7.94. The largest absolute Gasteiger partial charge is 0.457 e. The summed E-state index contributed by atoms with van der Waals surface area (Å²) in [6.45, 7) is 0. The lowest BCUT2D eigenvalue weighted by atomic mass is 9.65. The van der Waals surface area contributed by atoms with Crippen LogP contribution in [0.15, 0.2) is 158 Å². The summed E-state index contributed by atoms with van der Waals surface area (Å²) in [5, 5.41) is 12.3. The van der Waals surface area contributed by atoms with Crippen molar-refractivity contribution in [1.29, 1.82) is 5.26 Å². The predicted octanol–water partition coefficient (Wildman–Crippen LogP) is 10.4. The van der Waals surface area contributed by atoms with Crippen LogP contribution in [0, 0.1) is 11.3 Å². The molecule has 5 nitrogen and oxygen atoms in total. The first-order chi connectivity index (χ1) is 24.7. The van der Waals surface area contributed by atoms with Crippen LogP contribution in [0.4, 0.5) is 0 Å². The van der Waals surface area contributed by atoms with Gasteiger partial charge >= 0.3 is 0 Å². The van der Waals surface area contributed by atoms with E-state index >= 15 is 0 Å². The third-order valence-electron chi connectivity index (χ3n) is 10.0. The van der Waals surface area contributed by atoms with E-state index in [1.165, 1.54) is 0 Å². The maximum absolute atomic E-state index is 10.1. The SMILES string of the molecule is N#Cc1ccc2c(c1)C1(c3ccccc3O2)c2ccccc2-c2c1cc(-c1nc(-c3ccccc3)nc(-c3ccccc3)n1)c1ccccc21. The number of hydrogen-bond donors (Lipinski definition) is 0. The minimum atomic E-state index is -0.765. The van der Waals surface area contributed by atoms with E-state index in [0.29, 0.717) is 23.0 Å². The van der Waals surface area contributed by atoms with Gasteiger partial charge in [0.25, 0.3) is 0 Å². The molecule has 0 saturated carbocycles. The van der Waals surface area contributed by atoms with E-state index in [1.807, 2.05) is 91.0 Å². The molecular weight excluding hydrogens is 613 g/mol. The van der Waals surface area contributed by atoms with Crippen molar-refractivity contribution in [2.45, 2.75) is 5.41 Å². The number of hydrogen-bond acceptors (Lipinski definition) is 5. The smallest absolute Gasteiger partial charge is 0.164 e. The molecule has 1 unspecified atom stereocenters. The molecule has 8 aromatic rings. The van der Waals surface area contributed by atoms with Crippen LogP contribution >= 0.6 is 0 Å². The van der Waals surface area contributed by atoms with Crippen molar-refractivity contribution in [2.75, 3.05) is 0 Å². The molecule has 1 spiro atoms. The highest BCUT2D eigenvalue weighted by Crippen LogP contribution is 2.63. The van der Waals surface area contributed by atoms with E-state index in [2.05, 4.69) is 72.8 Å². The molecule has 0 saturated heterocycles. The fraction of sp³-hybridized carbons (Fsp3) is 0.0222. The van der Waals surface area contributed by atoms with Gasteiger partial charge in [-0.2, -0.15) is 5.26 Å². The topological polar surface area (TPSA) is 71.7 Å². The van der Waals surface area contributed by atoms with Gasteiger partial charge in [0.1, 0.15) is 11.5 Å². The quantitative estimate of drug-likeness (QED) is 0.193. The third-order valence-corrected chi connectivity index (χ3v) is 10.0. The van der Waals surface area contributed by atoms with Gasteiger partial charge in [-0.3, -0.25) is 0 Å². The molecule has 5 heteroatoms. The summed E-state index contributed by atoms with van der Waals surface area (Å²) < 4.78 is 6.58. The highest BCUT2D eigenvalue weighted by Gasteiger charge is 2.52. The van der Waals surface area contributed by atoms with Crippen LogP contribution in [0.25, 0.3) is 56.1 Å². The summed E-state index contributed by atoms with van der Waals surface area (Å²) >= 11 is 0. The molecule has 0 amide bonds. The normalized spacial score (nSPS) is 15.0. The molecule has 2 heterocycles. The van der Waals surface area contributed by atoms with Crippen LogP contribution in [0.1, 0.15) is 27.8 Å². The van der Waals surface area contributed by atoms with Gasteiger partial charge in [-0.1, -0.05) is 127 Å². The molecule has 1 aliphatic carbocycles. The molecule has 0 radical (unpaired) electrons. The zero-order valence-corrected chi connectivity index (χ0v) is 26.7. The van der Waals surface area contributed by atoms with E-state index in [1.54, 1.807) is 0 Å². The lowest BCUT2D eigenvalue weighted by Crippen LogP contribution is -2.32. The average Bonchev–Trinajstić information content (AvgIpc) is 3.48. The number of fused-ring (bicyclic) bond motifs is 11. The number of ether oxygens (including phenoxy) is 1. The summed E-state index contributed by atoms with van der Waals surface area (Å²) in [4.78, 5) is 15.3. The van der Waals surface area contributed by atoms with E-state index in [9.17, 15) is 5.26 Å². The molecule has 2 aliphatic rings. The van der Waals surface area contributed by atoms with Gasteiger partial charge in [0.05, 0.1) is 17.0 Å². The van der Waals surface area contributed by atoms with Crippen molar-refractivity contribution in [3.05, 3.63) is 186 Å². The lowest BCUT2D eigenvalue weighted by molar-refractivity contribution is 0.436. The summed E-state index contributed by atoms with van der Waals surface area (Å²) in [6, 6.07) is 56.0. The Morgan fingerprint density at radius 2 is 1.04 bits per heavy atom. The lowest BCUT2D eigenvalue weighted by Gasteiger charge is -2.39. The van der Waals surface area contributed by atoms with Gasteiger partial charge in [0.15, 0.2) is 17.5 Å². The Bertz CT molecular complexity index is 2640. The number of nitrogens with zero attached hydrogens (tertiary/aromatic N) is 4. The van der Waals surface area contributed by atoms with Crippen LogP contribution in [0.5, 0.6) is 11.5 Å². The number of nitriles is 1. The maximum atomic E-state index is 10.1. The summed E-state index contributed by atoms with van der Waals surface area (Å²) in [5.74, 6) is 3.34. The highest BCUT2D eigenvalue weighted by molar-refractivity contribution is 6.09. The highest BCUT2D eigenvalue weighted by atomic mass is 16.5.